The molecule has 40 heavy (non-hydrogen) atoms. The third-order valence-electron chi connectivity index (χ3n) is 7.38. The molecule has 0 saturated carbocycles. The van der Waals surface area contributed by atoms with Gasteiger partial charge in [-0.3, -0.25) is 14.3 Å². The minimum atomic E-state index is -0.265. The van der Waals surface area contributed by atoms with Gasteiger partial charge in [0, 0.05) is 25.5 Å². The monoisotopic (exact) mass is 536 g/mol. The number of anilines is 1. The second kappa shape index (κ2) is 11.1. The van der Waals surface area contributed by atoms with Crippen molar-refractivity contribution in [2.24, 2.45) is 0 Å². The molecule has 9 heteroatoms. The molecular formula is C31H29FN6O2. The highest BCUT2D eigenvalue weighted by atomic mass is 19.1. The van der Waals surface area contributed by atoms with E-state index >= 15 is 0 Å². The lowest BCUT2D eigenvalue weighted by Crippen LogP contribution is -2.39. The number of amides is 2. The second-order valence-electron chi connectivity index (χ2n) is 10.1. The molecule has 1 saturated heterocycles. The van der Waals surface area contributed by atoms with Crippen molar-refractivity contribution in [3.8, 4) is 0 Å². The fourth-order valence-electron chi connectivity index (χ4n) is 5.24. The normalized spacial score (nSPS) is 14.0. The molecule has 3 aromatic heterocycles. The summed E-state index contributed by atoms with van der Waals surface area (Å²) in [5, 5.41) is 11.9. The van der Waals surface area contributed by atoms with Crippen molar-refractivity contribution in [1.29, 1.82) is 0 Å². The number of halogens is 1. The molecular weight excluding hydrogens is 507 g/mol. The third kappa shape index (κ3) is 5.63. The molecule has 0 spiro atoms. The van der Waals surface area contributed by atoms with E-state index in [4.69, 9.17) is 0 Å². The number of carbonyl (C=O) groups is 2. The number of benzene rings is 2. The van der Waals surface area contributed by atoms with Crippen LogP contribution in [0.25, 0.3) is 5.52 Å². The van der Waals surface area contributed by atoms with Crippen LogP contribution in [0.3, 0.4) is 0 Å². The Bertz CT molecular complexity index is 1620. The van der Waals surface area contributed by atoms with E-state index in [2.05, 4.69) is 15.5 Å². The van der Waals surface area contributed by atoms with Gasteiger partial charge in [0.1, 0.15) is 5.82 Å². The maximum atomic E-state index is 13.3. The summed E-state index contributed by atoms with van der Waals surface area (Å²) in [4.78, 5) is 27.7. The molecule has 4 heterocycles. The topological polar surface area (TPSA) is 84.5 Å². The Kier molecular flexibility index (Phi) is 7.09. The van der Waals surface area contributed by atoms with Crippen LogP contribution in [0, 0.1) is 5.82 Å². The van der Waals surface area contributed by atoms with Gasteiger partial charge in [0.25, 0.3) is 5.91 Å². The molecule has 8 nitrogen and oxygen atoms in total. The van der Waals surface area contributed by atoms with Gasteiger partial charge in [-0.15, -0.1) is 0 Å². The number of carbonyl (C=O) groups excluding carboxylic acids is 2. The lowest BCUT2D eigenvalue weighted by Gasteiger charge is -2.31. The minimum absolute atomic E-state index is 0.0599. The Hall–Kier alpha value is -4.79. The maximum Gasteiger partial charge on any atom is 0.274 e. The van der Waals surface area contributed by atoms with E-state index in [-0.39, 0.29) is 30.1 Å². The number of hydrogen-bond donors (Lipinski definition) is 1. The lowest BCUT2D eigenvalue weighted by atomic mass is 9.97. The van der Waals surface area contributed by atoms with Crippen molar-refractivity contribution in [3.05, 3.63) is 120 Å². The van der Waals surface area contributed by atoms with E-state index in [0.29, 0.717) is 30.9 Å². The zero-order valence-electron chi connectivity index (χ0n) is 21.9. The molecule has 0 radical (unpaired) electrons. The summed E-state index contributed by atoms with van der Waals surface area (Å²) in [6.45, 7) is 1.23. The first kappa shape index (κ1) is 25.5. The molecule has 2 amide bonds. The van der Waals surface area contributed by atoms with Crippen LogP contribution < -0.4 is 5.32 Å². The standard InChI is InChI=1S/C31H29FN6O2/c32-25-10-8-22(9-11-25)17-23-5-1-2-6-24(23)18-30(39)34-26-20-33-38(21-26)27-12-15-36(16-13-27)31(40)29-19-28-7-3-4-14-37(28)35-29/h1-11,14,19-21,27H,12-13,15-18H2,(H,34,39). The van der Waals surface area contributed by atoms with Crippen molar-refractivity contribution >= 4 is 23.0 Å². The summed E-state index contributed by atoms with van der Waals surface area (Å²) in [7, 11) is 0. The highest BCUT2D eigenvalue weighted by Crippen LogP contribution is 2.25. The van der Waals surface area contributed by atoms with Gasteiger partial charge in [-0.25, -0.2) is 8.91 Å². The number of nitrogens with zero attached hydrogens (tertiary/aromatic N) is 5. The van der Waals surface area contributed by atoms with Crippen molar-refractivity contribution in [2.75, 3.05) is 18.4 Å². The van der Waals surface area contributed by atoms with Crippen LogP contribution in [-0.4, -0.2) is 49.2 Å². The fraction of sp³-hybridized carbons (Fsp3) is 0.226. The summed E-state index contributed by atoms with van der Waals surface area (Å²) in [5.41, 5.74) is 4.94. The highest BCUT2D eigenvalue weighted by molar-refractivity contribution is 5.93. The predicted octanol–water partition coefficient (Wildman–Crippen LogP) is 4.92. The van der Waals surface area contributed by atoms with E-state index in [0.717, 1.165) is 35.0 Å². The molecule has 0 unspecified atom stereocenters. The number of pyridine rings is 1. The van der Waals surface area contributed by atoms with E-state index in [1.807, 2.05) is 70.5 Å². The molecule has 5 aromatic rings. The Morgan fingerprint density at radius 2 is 1.70 bits per heavy atom. The first-order valence-corrected chi connectivity index (χ1v) is 13.4. The molecule has 6 rings (SSSR count). The number of fused-ring (bicyclic) bond motifs is 1. The van der Waals surface area contributed by atoms with Crippen LogP contribution in [0.1, 0.15) is 46.1 Å². The SMILES string of the molecule is O=C(Cc1ccccc1Cc1ccc(F)cc1)Nc1cnn(C2CCN(C(=O)c3cc4ccccn4n3)CC2)c1. The summed E-state index contributed by atoms with van der Waals surface area (Å²) in [5.74, 6) is -0.451. The molecule has 0 aliphatic carbocycles. The average molecular weight is 537 g/mol. The molecule has 1 fully saturated rings. The van der Waals surface area contributed by atoms with Crippen LogP contribution >= 0.6 is 0 Å². The minimum Gasteiger partial charge on any atom is -0.337 e. The third-order valence-corrected chi connectivity index (χ3v) is 7.38. The predicted molar refractivity (Wildman–Crippen MR) is 150 cm³/mol. The number of hydrogen-bond acceptors (Lipinski definition) is 4. The second-order valence-corrected chi connectivity index (χ2v) is 10.1. The van der Waals surface area contributed by atoms with Gasteiger partial charge >= 0.3 is 0 Å². The zero-order valence-corrected chi connectivity index (χ0v) is 21.9. The summed E-state index contributed by atoms with van der Waals surface area (Å²) in [6.07, 6.45) is 7.74. The average Bonchev–Trinajstić information content (AvgIpc) is 3.62. The molecule has 0 bridgehead atoms. The molecule has 1 aliphatic rings. The molecule has 202 valence electrons. The van der Waals surface area contributed by atoms with Gasteiger partial charge in [-0.2, -0.15) is 10.2 Å². The zero-order chi connectivity index (χ0) is 27.5. The molecule has 1 aliphatic heterocycles. The Labute approximate surface area is 231 Å². The van der Waals surface area contributed by atoms with E-state index in [1.165, 1.54) is 12.1 Å². The Morgan fingerprint density at radius 1 is 0.950 bits per heavy atom. The van der Waals surface area contributed by atoms with Crippen molar-refractivity contribution in [1.82, 2.24) is 24.3 Å². The number of rotatable bonds is 7. The van der Waals surface area contributed by atoms with Gasteiger partial charge in [0.05, 0.1) is 29.9 Å². The van der Waals surface area contributed by atoms with Gasteiger partial charge in [0.15, 0.2) is 5.69 Å². The van der Waals surface area contributed by atoms with Crippen molar-refractivity contribution < 1.29 is 14.0 Å². The highest BCUT2D eigenvalue weighted by Gasteiger charge is 2.26. The fourth-order valence-corrected chi connectivity index (χ4v) is 5.24. The number of nitrogens with one attached hydrogen (secondary N) is 1. The number of aromatic nitrogens is 4. The maximum absolute atomic E-state index is 13.3. The van der Waals surface area contributed by atoms with Crippen LogP contribution in [0.15, 0.2) is 91.4 Å². The van der Waals surface area contributed by atoms with Gasteiger partial charge in [0.2, 0.25) is 5.91 Å². The van der Waals surface area contributed by atoms with Crippen molar-refractivity contribution in [3.63, 3.8) is 0 Å². The smallest absolute Gasteiger partial charge is 0.274 e. The van der Waals surface area contributed by atoms with Gasteiger partial charge < -0.3 is 10.2 Å². The molecule has 2 aromatic carbocycles. The Balaban J connectivity index is 1.03. The van der Waals surface area contributed by atoms with E-state index in [9.17, 15) is 14.0 Å². The van der Waals surface area contributed by atoms with Crippen LogP contribution in [0.2, 0.25) is 0 Å². The Morgan fingerprint density at radius 3 is 2.48 bits per heavy atom. The van der Waals surface area contributed by atoms with Crippen LogP contribution in [0.4, 0.5) is 10.1 Å². The van der Waals surface area contributed by atoms with E-state index in [1.54, 1.807) is 22.8 Å². The summed E-state index contributed by atoms with van der Waals surface area (Å²) >= 11 is 0. The summed E-state index contributed by atoms with van der Waals surface area (Å²) < 4.78 is 16.9. The van der Waals surface area contributed by atoms with Crippen LogP contribution in [-0.2, 0) is 17.6 Å². The first-order chi connectivity index (χ1) is 19.5. The first-order valence-electron chi connectivity index (χ1n) is 13.4. The molecule has 1 N–H and O–H groups in total. The summed E-state index contributed by atoms with van der Waals surface area (Å²) in [6, 6.07) is 21.9. The largest absolute Gasteiger partial charge is 0.337 e. The number of likely N-dealkylation sites (tertiary alicyclic amines) is 1. The van der Waals surface area contributed by atoms with Gasteiger partial charge in [-0.1, -0.05) is 42.5 Å². The van der Waals surface area contributed by atoms with E-state index < -0.39 is 0 Å². The quantitative estimate of drug-likeness (QED) is 0.320. The van der Waals surface area contributed by atoms with Crippen LogP contribution in [0.5, 0.6) is 0 Å². The number of piperidine rings is 1. The molecule has 0 atom stereocenters. The van der Waals surface area contributed by atoms with Gasteiger partial charge in [-0.05, 0) is 66.3 Å². The lowest BCUT2D eigenvalue weighted by molar-refractivity contribution is -0.115. The van der Waals surface area contributed by atoms with Crippen molar-refractivity contribution in [2.45, 2.75) is 31.7 Å².